The summed E-state index contributed by atoms with van der Waals surface area (Å²) in [6, 6.07) is 2.38. The van der Waals surface area contributed by atoms with E-state index in [-0.39, 0.29) is 16.8 Å². The van der Waals surface area contributed by atoms with Gasteiger partial charge in [0.15, 0.2) is 11.5 Å². The minimum atomic E-state index is -1.29. The number of benzene rings is 1. The molecular formula is C17H19ClN2O6. The van der Waals surface area contributed by atoms with Crippen LogP contribution in [0.15, 0.2) is 17.8 Å². The molecule has 1 aliphatic rings. The zero-order valence-electron chi connectivity index (χ0n) is 14.5. The molecule has 1 atom stereocenters. The van der Waals surface area contributed by atoms with Gasteiger partial charge in [-0.2, -0.15) is 0 Å². The topological polar surface area (TPSA) is 105 Å². The molecule has 26 heavy (non-hydrogen) atoms. The molecule has 0 unspecified atom stereocenters. The molecule has 1 heterocycles. The highest BCUT2D eigenvalue weighted by Crippen LogP contribution is 2.38. The Labute approximate surface area is 155 Å². The maximum Gasteiger partial charge on any atom is 0.329 e. The average Bonchev–Trinajstić information content (AvgIpc) is 2.83. The van der Waals surface area contributed by atoms with E-state index < -0.39 is 24.5 Å². The summed E-state index contributed by atoms with van der Waals surface area (Å²) in [6.07, 6.45) is 2.11. The van der Waals surface area contributed by atoms with Crippen molar-refractivity contribution < 1.29 is 29.0 Å². The van der Waals surface area contributed by atoms with Gasteiger partial charge in [0, 0.05) is 0 Å². The Morgan fingerprint density at radius 3 is 2.69 bits per heavy atom. The number of hydrogen-bond acceptors (Lipinski definition) is 5. The van der Waals surface area contributed by atoms with Crippen molar-refractivity contribution in [2.24, 2.45) is 0 Å². The highest BCUT2D eigenvalue weighted by molar-refractivity contribution is 6.32. The summed E-state index contributed by atoms with van der Waals surface area (Å²) >= 11 is 6.27. The molecule has 1 aliphatic heterocycles. The van der Waals surface area contributed by atoms with Gasteiger partial charge in [-0.05, 0) is 37.1 Å². The molecule has 3 amide bonds. The van der Waals surface area contributed by atoms with Crippen LogP contribution in [0.3, 0.4) is 0 Å². The van der Waals surface area contributed by atoms with Gasteiger partial charge in [-0.3, -0.25) is 9.59 Å². The van der Waals surface area contributed by atoms with Gasteiger partial charge in [0.05, 0.1) is 18.2 Å². The molecule has 0 aliphatic carbocycles. The van der Waals surface area contributed by atoms with E-state index in [1.165, 1.54) is 13.2 Å². The molecule has 0 spiro atoms. The van der Waals surface area contributed by atoms with Crippen molar-refractivity contribution in [2.75, 3.05) is 13.7 Å². The van der Waals surface area contributed by atoms with Gasteiger partial charge < -0.3 is 19.9 Å². The monoisotopic (exact) mass is 382 g/mol. The minimum Gasteiger partial charge on any atom is -0.493 e. The summed E-state index contributed by atoms with van der Waals surface area (Å²) in [6.45, 7) is 3.16. The van der Waals surface area contributed by atoms with Gasteiger partial charge in [-0.15, -0.1) is 0 Å². The van der Waals surface area contributed by atoms with E-state index >= 15 is 0 Å². The number of carbonyl (C=O) groups is 3. The maximum atomic E-state index is 12.2. The van der Waals surface area contributed by atoms with Crippen molar-refractivity contribution in [3.05, 3.63) is 28.4 Å². The Morgan fingerprint density at radius 1 is 1.42 bits per heavy atom. The molecule has 9 heteroatoms. The summed E-state index contributed by atoms with van der Waals surface area (Å²) in [7, 11) is 1.46. The number of halogens is 1. The molecule has 0 radical (unpaired) electrons. The molecule has 1 saturated heterocycles. The Hall–Kier alpha value is -2.74. The van der Waals surface area contributed by atoms with Crippen LogP contribution in [0.2, 0.25) is 5.02 Å². The number of carboxylic acid groups (broad SMARTS) is 1. The van der Waals surface area contributed by atoms with Crippen molar-refractivity contribution in [3.8, 4) is 11.5 Å². The fourth-order valence-corrected chi connectivity index (χ4v) is 2.50. The maximum absolute atomic E-state index is 12.2. The number of nitrogens with one attached hydrogen (secondary N) is 1. The number of carbonyl (C=O) groups excluding carboxylic acids is 2. The van der Waals surface area contributed by atoms with Gasteiger partial charge in [-0.25, -0.2) is 9.69 Å². The fourth-order valence-electron chi connectivity index (χ4n) is 2.24. The van der Waals surface area contributed by atoms with Crippen LogP contribution < -0.4 is 14.8 Å². The lowest BCUT2D eigenvalue weighted by Crippen LogP contribution is -2.35. The van der Waals surface area contributed by atoms with Crippen LogP contribution in [0.1, 0.15) is 25.8 Å². The Bertz CT molecular complexity index is 777. The predicted octanol–water partition coefficient (Wildman–Crippen LogP) is 2.50. The average molecular weight is 383 g/mol. The lowest BCUT2D eigenvalue weighted by atomic mass is 10.1. The highest BCUT2D eigenvalue weighted by Gasteiger charge is 2.34. The summed E-state index contributed by atoms with van der Waals surface area (Å²) in [5.74, 6) is -1.25. The van der Waals surface area contributed by atoms with Crippen molar-refractivity contribution in [1.82, 2.24) is 10.2 Å². The number of nitrogens with zero attached hydrogens (tertiary/aromatic N) is 1. The Kier molecular flexibility index (Phi) is 6.10. The van der Waals surface area contributed by atoms with Crippen molar-refractivity contribution in [3.63, 3.8) is 0 Å². The van der Waals surface area contributed by atoms with E-state index in [1.54, 1.807) is 12.1 Å². The molecule has 8 nitrogen and oxygen atoms in total. The molecule has 140 valence electrons. The van der Waals surface area contributed by atoms with Crippen LogP contribution in [0.4, 0.5) is 4.79 Å². The molecule has 0 saturated carbocycles. The van der Waals surface area contributed by atoms with E-state index in [2.05, 4.69) is 5.32 Å². The van der Waals surface area contributed by atoms with Gasteiger partial charge in [0.1, 0.15) is 12.2 Å². The number of methoxy groups -OCH3 is 1. The number of ether oxygens (including phenoxy) is 2. The van der Waals surface area contributed by atoms with Crippen LogP contribution >= 0.6 is 11.6 Å². The van der Waals surface area contributed by atoms with Gasteiger partial charge in [0.25, 0.3) is 5.91 Å². The van der Waals surface area contributed by atoms with Crippen molar-refractivity contribution in [1.29, 1.82) is 0 Å². The smallest absolute Gasteiger partial charge is 0.329 e. The first kappa shape index (κ1) is 19.6. The van der Waals surface area contributed by atoms with Crippen LogP contribution in [-0.2, 0) is 9.59 Å². The van der Waals surface area contributed by atoms with Crippen LogP contribution in [0, 0.1) is 0 Å². The largest absolute Gasteiger partial charge is 0.493 e. The zero-order valence-corrected chi connectivity index (χ0v) is 15.3. The first-order valence-corrected chi connectivity index (χ1v) is 8.25. The predicted molar refractivity (Wildman–Crippen MR) is 94.2 cm³/mol. The summed E-state index contributed by atoms with van der Waals surface area (Å²) in [4.78, 5) is 35.3. The number of rotatable bonds is 7. The zero-order chi connectivity index (χ0) is 19.4. The summed E-state index contributed by atoms with van der Waals surface area (Å²) in [5, 5.41) is 11.4. The molecule has 1 aromatic carbocycles. The number of amides is 3. The molecule has 0 aromatic heterocycles. The quantitative estimate of drug-likeness (QED) is 0.554. The third-order valence-corrected chi connectivity index (χ3v) is 3.99. The second-order valence-electron chi connectivity index (χ2n) is 5.64. The minimum absolute atomic E-state index is 0.0510. The SMILES string of the molecule is CC[C@H](C)Oc1c(Cl)cc(/C=C2/NC(=O)N(CC(=O)O)C2=O)cc1OC. The van der Waals surface area contributed by atoms with E-state index in [0.717, 1.165) is 6.42 Å². The van der Waals surface area contributed by atoms with Crippen molar-refractivity contribution >= 4 is 35.6 Å². The van der Waals surface area contributed by atoms with Gasteiger partial charge in [0.2, 0.25) is 0 Å². The third-order valence-electron chi connectivity index (χ3n) is 3.71. The van der Waals surface area contributed by atoms with Gasteiger partial charge in [-0.1, -0.05) is 18.5 Å². The summed E-state index contributed by atoms with van der Waals surface area (Å²) < 4.78 is 11.1. The fraction of sp³-hybridized carbons (Fsp3) is 0.353. The van der Waals surface area contributed by atoms with E-state index in [0.29, 0.717) is 22.0 Å². The number of aliphatic carboxylic acids is 1. The summed E-state index contributed by atoms with van der Waals surface area (Å²) in [5.41, 5.74) is 0.439. The number of urea groups is 1. The highest BCUT2D eigenvalue weighted by atomic mass is 35.5. The van der Waals surface area contributed by atoms with E-state index in [9.17, 15) is 14.4 Å². The van der Waals surface area contributed by atoms with Crippen LogP contribution in [0.5, 0.6) is 11.5 Å². The van der Waals surface area contributed by atoms with Crippen LogP contribution in [-0.4, -0.2) is 47.7 Å². The first-order chi connectivity index (χ1) is 12.3. The molecule has 2 N–H and O–H groups in total. The number of hydrogen-bond donors (Lipinski definition) is 2. The van der Waals surface area contributed by atoms with E-state index in [4.69, 9.17) is 26.2 Å². The van der Waals surface area contributed by atoms with E-state index in [1.807, 2.05) is 13.8 Å². The lowest BCUT2D eigenvalue weighted by Gasteiger charge is -2.17. The molecule has 0 bridgehead atoms. The third kappa shape index (κ3) is 4.26. The molecule has 1 aromatic rings. The second kappa shape index (κ2) is 8.09. The second-order valence-corrected chi connectivity index (χ2v) is 6.05. The Morgan fingerprint density at radius 2 is 2.12 bits per heavy atom. The van der Waals surface area contributed by atoms with Gasteiger partial charge >= 0.3 is 12.0 Å². The molecule has 2 rings (SSSR count). The molecular weight excluding hydrogens is 364 g/mol. The normalized spacial score (nSPS) is 16.6. The first-order valence-electron chi connectivity index (χ1n) is 7.87. The number of carboxylic acids is 1. The van der Waals surface area contributed by atoms with Crippen molar-refractivity contribution in [2.45, 2.75) is 26.4 Å². The molecule has 1 fully saturated rings. The Balaban J connectivity index is 2.33. The standard InChI is InChI=1S/C17H19ClN2O6/c1-4-9(2)26-15-11(18)5-10(7-13(15)25-3)6-12-16(23)20(8-14(21)22)17(24)19-12/h5-7,9H,4,8H2,1-3H3,(H,19,24)(H,21,22)/b12-6+/t9-/m0/s1. The lowest BCUT2D eigenvalue weighted by molar-refractivity contribution is -0.140. The number of imide groups is 1. The van der Waals surface area contributed by atoms with Crippen LogP contribution in [0.25, 0.3) is 6.08 Å².